The monoisotopic (exact) mass is 1000 g/mol. The number of hydrogen-bond donors (Lipinski definition) is 0. The van der Waals surface area contributed by atoms with Gasteiger partial charge < -0.3 is 4.18 Å². The summed E-state index contributed by atoms with van der Waals surface area (Å²) in [6, 6.07) is 13.9. The largest absolute Gasteiger partial charge is 0.460 e. The zero-order valence-electron chi connectivity index (χ0n) is 33.6. The van der Waals surface area contributed by atoms with Crippen LogP contribution in [0.1, 0.15) is 76.0 Å². The van der Waals surface area contributed by atoms with E-state index in [1.165, 1.54) is 36.4 Å². The average molecular weight is 1000 g/mol. The van der Waals surface area contributed by atoms with Crippen LogP contribution in [-0.2, 0) is 8.98 Å². The molecule has 3 aromatic carbocycles. The molecule has 368 valence electrons. The first-order valence-corrected chi connectivity index (χ1v) is 19.6. The van der Waals surface area contributed by atoms with Gasteiger partial charge in [0.2, 0.25) is 0 Å². The first-order valence-electron chi connectivity index (χ1n) is 18.1. The fourth-order valence-corrected chi connectivity index (χ4v) is 8.73. The van der Waals surface area contributed by atoms with E-state index in [1.807, 2.05) is 0 Å². The smallest absolute Gasteiger partial charge is 0.397 e. The molecule has 2 nitrogen and oxygen atoms in total. The predicted octanol–water partition coefficient (Wildman–Crippen LogP) is 15.7. The molecule has 0 spiro atoms. The summed E-state index contributed by atoms with van der Waals surface area (Å²) in [6.07, 6.45) is -8.17. The maximum absolute atomic E-state index is 15.7. The lowest BCUT2D eigenvalue weighted by Crippen LogP contribution is -2.78. The van der Waals surface area contributed by atoms with E-state index in [2.05, 4.69) is 0 Å². The fraction of sp³-hybridized carbons (Fsp3) is 0.513. The molecule has 0 saturated heterocycles. The Morgan fingerprint density at radius 3 is 0.754 bits per heavy atom. The summed E-state index contributed by atoms with van der Waals surface area (Å²) in [7, 11) is -4.47. The summed E-state index contributed by atoms with van der Waals surface area (Å²) in [4.78, 5) is 12.0. The number of benzene rings is 3. The molecule has 0 aliphatic rings. The van der Waals surface area contributed by atoms with E-state index >= 15 is 26.3 Å². The Bertz CT molecular complexity index is 2020. The molecule has 0 aliphatic carbocycles. The molecule has 0 atom stereocenters. The van der Waals surface area contributed by atoms with Crippen molar-refractivity contribution in [3.63, 3.8) is 0 Å². The topological polar surface area (TPSA) is 26.3 Å². The lowest BCUT2D eigenvalue weighted by molar-refractivity contribution is -0.477. The number of halogens is 23. The molecule has 3 rings (SSSR count). The standard InChI is InChI=1S/C39H33F23O2S/c1-19(2)22-7-13-25(14-8-22)65(26-15-9-23(10-16-26)20(3)4,27-17-11-24(12-18-27)21(5)6)64-28(63)29(40,41)30(42,43)31(44,45)32(46,47)33(48,49)34(50,51)35(52,53)36(54,55)37(56,57)38(58,59)39(60,61)62/h7-21H,1-6H3. The van der Waals surface area contributed by atoms with Crippen molar-refractivity contribution in [3.8, 4) is 0 Å². The van der Waals surface area contributed by atoms with Crippen LogP contribution in [0.5, 0.6) is 0 Å². The van der Waals surface area contributed by atoms with E-state index in [0.717, 1.165) is 36.4 Å². The molecule has 26 heteroatoms. The van der Waals surface area contributed by atoms with Gasteiger partial charge in [-0.05, 0) is 81.2 Å². The average Bonchev–Trinajstić information content (AvgIpc) is 3.18. The molecule has 65 heavy (non-hydrogen) atoms. The number of carbonyl (C=O) groups is 1. The molecule has 0 amide bonds. The molecule has 3 aromatic rings. The number of alkyl halides is 23. The van der Waals surface area contributed by atoms with Gasteiger partial charge in [-0.1, -0.05) is 77.9 Å². The van der Waals surface area contributed by atoms with Crippen molar-refractivity contribution in [3.05, 3.63) is 89.5 Å². The molecule has 0 saturated carbocycles. The second-order valence-electron chi connectivity index (χ2n) is 15.3. The summed E-state index contributed by atoms with van der Waals surface area (Å²) in [5, 5.41) is 0. The lowest BCUT2D eigenvalue weighted by Gasteiger charge is -2.45. The maximum atomic E-state index is 15.7. The summed E-state index contributed by atoms with van der Waals surface area (Å²) >= 11 is 0. The van der Waals surface area contributed by atoms with Crippen molar-refractivity contribution in [2.75, 3.05) is 0 Å². The minimum Gasteiger partial charge on any atom is -0.397 e. The molecule has 0 N–H and O–H groups in total. The van der Waals surface area contributed by atoms with Gasteiger partial charge in [0, 0.05) is 14.7 Å². The highest BCUT2D eigenvalue weighted by atomic mass is 32.3. The van der Waals surface area contributed by atoms with Crippen LogP contribution in [0.25, 0.3) is 0 Å². The minimum atomic E-state index is -9.57. The van der Waals surface area contributed by atoms with Gasteiger partial charge in [-0.2, -0.15) is 101 Å². The van der Waals surface area contributed by atoms with Crippen LogP contribution in [0.4, 0.5) is 101 Å². The third-order valence-electron chi connectivity index (χ3n) is 10.00. The molecule has 0 aliphatic heterocycles. The van der Waals surface area contributed by atoms with E-state index < -0.39 is 96.4 Å². The quantitative estimate of drug-likeness (QED) is 0.126. The van der Waals surface area contributed by atoms with Crippen molar-refractivity contribution in [1.29, 1.82) is 0 Å². The summed E-state index contributed by atoms with van der Waals surface area (Å²) in [5.74, 6) is -95.6. The molecular weight excluding hydrogens is 969 g/mol. The van der Waals surface area contributed by atoms with E-state index in [4.69, 9.17) is 4.18 Å². The van der Waals surface area contributed by atoms with Crippen LogP contribution in [0, 0.1) is 0 Å². The van der Waals surface area contributed by atoms with Crippen LogP contribution in [-0.4, -0.2) is 71.4 Å². The van der Waals surface area contributed by atoms with Crippen LogP contribution in [0.15, 0.2) is 87.5 Å². The summed E-state index contributed by atoms with van der Waals surface area (Å²) < 4.78 is 332. The molecule has 0 bridgehead atoms. The van der Waals surface area contributed by atoms with Gasteiger partial charge in [0.25, 0.3) is 0 Å². The predicted molar refractivity (Wildman–Crippen MR) is 186 cm³/mol. The first-order chi connectivity index (χ1) is 28.9. The Labute approximate surface area is 355 Å². The van der Waals surface area contributed by atoms with Crippen molar-refractivity contribution in [1.82, 2.24) is 0 Å². The Balaban J connectivity index is 2.34. The van der Waals surface area contributed by atoms with Gasteiger partial charge in [0.15, 0.2) is 0 Å². The van der Waals surface area contributed by atoms with Crippen LogP contribution in [0.2, 0.25) is 0 Å². The van der Waals surface area contributed by atoms with E-state index in [-0.39, 0.29) is 17.8 Å². The fourth-order valence-electron chi connectivity index (χ4n) is 5.74. The number of carbonyl (C=O) groups excluding carboxylic acids is 1. The zero-order valence-corrected chi connectivity index (χ0v) is 34.4. The van der Waals surface area contributed by atoms with Gasteiger partial charge in [0.1, 0.15) is 0 Å². The Hall–Kier alpha value is -4.13. The van der Waals surface area contributed by atoms with Gasteiger partial charge >= 0.3 is 71.4 Å². The van der Waals surface area contributed by atoms with E-state index in [0.29, 0.717) is 16.7 Å². The highest BCUT2D eigenvalue weighted by Crippen LogP contribution is 2.71. The first kappa shape index (κ1) is 55.2. The Kier molecular flexibility index (Phi) is 14.3. The highest BCUT2D eigenvalue weighted by molar-refractivity contribution is 8.30. The second-order valence-corrected chi connectivity index (χ2v) is 18.0. The molecule has 0 aromatic heterocycles. The van der Waals surface area contributed by atoms with Crippen molar-refractivity contribution in [2.45, 2.75) is 139 Å². The minimum absolute atomic E-state index is 0.312. The molecule has 0 heterocycles. The van der Waals surface area contributed by atoms with Crippen LogP contribution < -0.4 is 0 Å². The third-order valence-corrected chi connectivity index (χ3v) is 13.2. The van der Waals surface area contributed by atoms with E-state index in [9.17, 15) is 79.4 Å². The normalized spacial score (nSPS) is 15.3. The summed E-state index contributed by atoms with van der Waals surface area (Å²) in [5.41, 5.74) is 1.36. The van der Waals surface area contributed by atoms with Gasteiger partial charge in [0.05, 0.1) is 0 Å². The number of rotatable bonds is 17. The van der Waals surface area contributed by atoms with E-state index in [1.54, 1.807) is 41.5 Å². The summed E-state index contributed by atoms with van der Waals surface area (Å²) in [6.45, 7) is 9.81. The maximum Gasteiger partial charge on any atom is 0.460 e. The molecule has 0 unspecified atom stereocenters. The van der Waals surface area contributed by atoms with Crippen molar-refractivity contribution < 1.29 is 110 Å². The Morgan fingerprint density at radius 2 is 0.554 bits per heavy atom. The van der Waals surface area contributed by atoms with Crippen molar-refractivity contribution in [2.24, 2.45) is 0 Å². The van der Waals surface area contributed by atoms with Gasteiger partial charge in [-0.25, -0.2) is 4.79 Å². The SMILES string of the molecule is CC(C)c1ccc(S(OC(=O)C(F)(F)C(F)(F)C(F)(F)C(F)(F)C(F)(F)C(F)(F)C(F)(F)C(F)(F)C(F)(F)C(F)(F)C(F)(F)F)(c2ccc(C(C)C)cc2)c2ccc(C(C)C)cc2)cc1. The third kappa shape index (κ3) is 8.15. The second kappa shape index (κ2) is 16.9. The van der Waals surface area contributed by atoms with Crippen molar-refractivity contribution >= 4 is 16.3 Å². The van der Waals surface area contributed by atoms with Gasteiger partial charge in [-0.15, -0.1) is 0 Å². The molecule has 0 fully saturated rings. The number of hydrogen-bond acceptors (Lipinski definition) is 2. The Morgan fingerprint density at radius 1 is 0.354 bits per heavy atom. The van der Waals surface area contributed by atoms with Crippen LogP contribution in [0.3, 0.4) is 0 Å². The van der Waals surface area contributed by atoms with Gasteiger partial charge in [-0.3, -0.25) is 0 Å². The highest BCUT2D eigenvalue weighted by Gasteiger charge is 2.99. The molecule has 0 radical (unpaired) electrons. The zero-order chi connectivity index (χ0) is 51.0. The molecular formula is C39H33F23O2S. The lowest BCUT2D eigenvalue weighted by atomic mass is 9.85. The van der Waals surface area contributed by atoms with Crippen LogP contribution >= 0.6 is 10.3 Å².